The van der Waals surface area contributed by atoms with Crippen molar-refractivity contribution in [2.45, 2.75) is 38.3 Å². The van der Waals surface area contributed by atoms with E-state index in [9.17, 15) is 19.5 Å². The van der Waals surface area contributed by atoms with Crippen LogP contribution < -0.4 is 11.1 Å². The fourth-order valence-electron chi connectivity index (χ4n) is 2.49. The number of nitrogens with one attached hydrogen (secondary N) is 1. The van der Waals surface area contributed by atoms with Crippen molar-refractivity contribution in [2.75, 3.05) is 13.1 Å². The van der Waals surface area contributed by atoms with Crippen molar-refractivity contribution in [1.29, 1.82) is 0 Å². The van der Waals surface area contributed by atoms with Gasteiger partial charge in [-0.05, 0) is 38.8 Å². The highest BCUT2D eigenvalue weighted by Gasteiger charge is 2.32. The lowest BCUT2D eigenvalue weighted by Crippen LogP contribution is -2.47. The minimum absolute atomic E-state index is 0.182. The van der Waals surface area contributed by atoms with Gasteiger partial charge in [0.25, 0.3) is 5.91 Å². The van der Waals surface area contributed by atoms with Crippen LogP contribution in [0.25, 0.3) is 0 Å². The summed E-state index contributed by atoms with van der Waals surface area (Å²) in [5, 5.41) is 12.4. The SMILES string of the molecule is CC(C)(O)c1ccc(C(=O)NCC(=O)N2CCCC2C(N)=O)s1. The van der Waals surface area contributed by atoms with Gasteiger partial charge in [-0.15, -0.1) is 11.3 Å². The minimum atomic E-state index is -1.01. The van der Waals surface area contributed by atoms with Crippen molar-refractivity contribution in [3.8, 4) is 0 Å². The first-order valence-corrected chi connectivity index (χ1v) is 8.21. The van der Waals surface area contributed by atoms with Gasteiger partial charge in [0, 0.05) is 11.4 Å². The molecule has 4 N–H and O–H groups in total. The molecular weight excluding hydrogens is 318 g/mol. The van der Waals surface area contributed by atoms with Crippen LogP contribution in [0.5, 0.6) is 0 Å². The Morgan fingerprint density at radius 3 is 2.70 bits per heavy atom. The number of nitrogens with zero attached hydrogens (tertiary/aromatic N) is 1. The van der Waals surface area contributed by atoms with E-state index in [1.54, 1.807) is 26.0 Å². The van der Waals surface area contributed by atoms with Crippen molar-refractivity contribution < 1.29 is 19.5 Å². The van der Waals surface area contributed by atoms with Crippen molar-refractivity contribution in [3.05, 3.63) is 21.9 Å². The Bertz CT molecular complexity index is 620. The van der Waals surface area contributed by atoms with Gasteiger partial charge in [-0.2, -0.15) is 0 Å². The zero-order valence-corrected chi connectivity index (χ0v) is 14.0. The molecule has 1 atom stereocenters. The number of carbonyl (C=O) groups excluding carboxylic acids is 3. The number of likely N-dealkylation sites (tertiary alicyclic amines) is 1. The van der Waals surface area contributed by atoms with Crippen LogP contribution in [0.4, 0.5) is 0 Å². The first-order chi connectivity index (χ1) is 10.7. The predicted molar refractivity (Wildman–Crippen MR) is 85.8 cm³/mol. The lowest BCUT2D eigenvalue weighted by atomic mass is 10.1. The van der Waals surface area contributed by atoms with Crippen LogP contribution >= 0.6 is 11.3 Å². The molecule has 0 saturated carbocycles. The highest BCUT2D eigenvalue weighted by Crippen LogP contribution is 2.27. The normalized spacial score (nSPS) is 18.0. The highest BCUT2D eigenvalue weighted by atomic mass is 32.1. The monoisotopic (exact) mass is 339 g/mol. The second kappa shape index (κ2) is 6.67. The van der Waals surface area contributed by atoms with Gasteiger partial charge < -0.3 is 21.1 Å². The molecule has 8 heteroatoms. The molecular formula is C15H21N3O4S. The van der Waals surface area contributed by atoms with Gasteiger partial charge in [0.15, 0.2) is 0 Å². The van der Waals surface area contributed by atoms with Crippen LogP contribution in [0.3, 0.4) is 0 Å². The Labute approximate surface area is 138 Å². The molecule has 1 unspecified atom stereocenters. The molecule has 0 aromatic carbocycles. The van der Waals surface area contributed by atoms with Crippen LogP contribution in [-0.4, -0.2) is 46.9 Å². The number of nitrogens with two attached hydrogens (primary N) is 1. The number of rotatable bonds is 5. The number of aliphatic hydroxyl groups is 1. The summed E-state index contributed by atoms with van der Waals surface area (Å²) in [6.07, 6.45) is 1.29. The average Bonchev–Trinajstić information content (AvgIpc) is 3.11. The second-order valence-electron chi connectivity index (χ2n) is 6.05. The average molecular weight is 339 g/mol. The van der Waals surface area contributed by atoms with Gasteiger partial charge in [0.05, 0.1) is 17.0 Å². The third-order valence-electron chi connectivity index (χ3n) is 3.73. The van der Waals surface area contributed by atoms with E-state index >= 15 is 0 Å². The fourth-order valence-corrected chi connectivity index (χ4v) is 3.42. The van der Waals surface area contributed by atoms with Crippen LogP contribution in [0.1, 0.15) is 41.2 Å². The molecule has 7 nitrogen and oxygen atoms in total. The quantitative estimate of drug-likeness (QED) is 0.710. The molecule has 3 amide bonds. The van der Waals surface area contributed by atoms with Gasteiger partial charge >= 0.3 is 0 Å². The molecule has 1 aromatic rings. The molecule has 1 aliphatic heterocycles. The molecule has 23 heavy (non-hydrogen) atoms. The van der Waals surface area contributed by atoms with E-state index in [1.165, 1.54) is 16.2 Å². The lowest BCUT2D eigenvalue weighted by molar-refractivity contribution is -0.136. The molecule has 2 rings (SSSR count). The zero-order chi connectivity index (χ0) is 17.2. The van der Waals surface area contributed by atoms with Gasteiger partial charge in [-0.1, -0.05) is 0 Å². The number of hydrogen-bond acceptors (Lipinski definition) is 5. The number of hydrogen-bond donors (Lipinski definition) is 3. The van der Waals surface area contributed by atoms with E-state index < -0.39 is 17.6 Å². The molecule has 0 radical (unpaired) electrons. The van der Waals surface area contributed by atoms with Gasteiger partial charge in [0.1, 0.15) is 6.04 Å². The zero-order valence-electron chi connectivity index (χ0n) is 13.2. The maximum Gasteiger partial charge on any atom is 0.261 e. The molecule has 126 valence electrons. The largest absolute Gasteiger partial charge is 0.385 e. The minimum Gasteiger partial charge on any atom is -0.385 e. The first-order valence-electron chi connectivity index (χ1n) is 7.40. The van der Waals surface area contributed by atoms with Crippen LogP contribution in [-0.2, 0) is 15.2 Å². The molecule has 2 heterocycles. The van der Waals surface area contributed by atoms with Crippen LogP contribution in [0, 0.1) is 0 Å². The number of thiophene rings is 1. The Balaban J connectivity index is 1.93. The van der Waals surface area contributed by atoms with Gasteiger partial charge in [-0.3, -0.25) is 14.4 Å². The van der Waals surface area contributed by atoms with Crippen LogP contribution in [0.2, 0.25) is 0 Å². The summed E-state index contributed by atoms with van der Waals surface area (Å²) in [5.74, 6) is -1.22. The third-order valence-corrected chi connectivity index (χ3v) is 5.13. The van der Waals surface area contributed by atoms with E-state index in [-0.39, 0.29) is 18.4 Å². The predicted octanol–water partition coefficient (Wildman–Crippen LogP) is 0.182. The topological polar surface area (TPSA) is 113 Å². The van der Waals surface area contributed by atoms with E-state index in [0.29, 0.717) is 22.7 Å². The second-order valence-corrected chi connectivity index (χ2v) is 7.14. The Morgan fingerprint density at radius 1 is 1.43 bits per heavy atom. The standard InChI is InChI=1S/C15H21N3O4S/c1-15(2,22)11-6-5-10(23-11)14(21)17-8-12(19)18-7-3-4-9(18)13(16)20/h5-6,9,22H,3-4,7-8H2,1-2H3,(H2,16,20)(H,17,21). The lowest BCUT2D eigenvalue weighted by Gasteiger charge is -2.22. The third kappa shape index (κ3) is 4.08. The molecule has 1 aliphatic rings. The van der Waals surface area contributed by atoms with E-state index in [4.69, 9.17) is 5.73 Å². The van der Waals surface area contributed by atoms with Crippen molar-refractivity contribution in [2.24, 2.45) is 5.73 Å². The summed E-state index contributed by atoms with van der Waals surface area (Å²) < 4.78 is 0. The van der Waals surface area contributed by atoms with Crippen LogP contribution in [0.15, 0.2) is 12.1 Å². The Hall–Kier alpha value is -1.93. The molecule has 1 aromatic heterocycles. The first kappa shape index (κ1) is 17.4. The van der Waals surface area contributed by atoms with Gasteiger partial charge in [0.2, 0.25) is 11.8 Å². The Morgan fingerprint density at radius 2 is 2.13 bits per heavy atom. The van der Waals surface area contributed by atoms with Crippen molar-refractivity contribution in [1.82, 2.24) is 10.2 Å². The molecule has 1 saturated heterocycles. The summed E-state index contributed by atoms with van der Waals surface area (Å²) in [4.78, 5) is 38.0. The number of primary amides is 1. The number of carbonyl (C=O) groups is 3. The van der Waals surface area contributed by atoms with Crippen molar-refractivity contribution in [3.63, 3.8) is 0 Å². The molecule has 0 aliphatic carbocycles. The van der Waals surface area contributed by atoms with E-state index in [2.05, 4.69) is 5.32 Å². The van der Waals surface area contributed by atoms with E-state index in [0.717, 1.165) is 6.42 Å². The molecule has 1 fully saturated rings. The van der Waals surface area contributed by atoms with Gasteiger partial charge in [-0.25, -0.2) is 0 Å². The summed E-state index contributed by atoms with van der Waals surface area (Å²) in [5.41, 5.74) is 4.26. The smallest absolute Gasteiger partial charge is 0.261 e. The Kier molecular flexibility index (Phi) is 5.06. The number of amides is 3. The maximum absolute atomic E-state index is 12.1. The summed E-state index contributed by atoms with van der Waals surface area (Å²) in [7, 11) is 0. The van der Waals surface area contributed by atoms with Crippen molar-refractivity contribution >= 4 is 29.1 Å². The van der Waals surface area contributed by atoms with E-state index in [1.807, 2.05) is 0 Å². The fraction of sp³-hybridized carbons (Fsp3) is 0.533. The molecule has 0 bridgehead atoms. The maximum atomic E-state index is 12.1. The molecule has 0 spiro atoms. The summed E-state index contributed by atoms with van der Waals surface area (Å²) in [6, 6.07) is 2.72. The highest BCUT2D eigenvalue weighted by molar-refractivity contribution is 7.14. The summed E-state index contributed by atoms with van der Waals surface area (Å²) >= 11 is 1.18. The summed E-state index contributed by atoms with van der Waals surface area (Å²) in [6.45, 7) is 3.57.